The minimum Gasteiger partial charge on any atom is -0.479 e. The Balaban J connectivity index is 1.57. The predicted octanol–water partition coefficient (Wildman–Crippen LogP) is 4.37. The number of ether oxygens (including phenoxy) is 1. The third-order valence-electron chi connectivity index (χ3n) is 6.13. The Labute approximate surface area is 197 Å². The zero-order chi connectivity index (χ0) is 24.2. The molecule has 2 N–H and O–H groups in total. The number of carbonyl (C=O) groups is 1. The summed E-state index contributed by atoms with van der Waals surface area (Å²) >= 11 is 0. The fraction of sp³-hybridized carbons (Fsp3) is 0.360. The molecule has 34 heavy (non-hydrogen) atoms. The van der Waals surface area contributed by atoms with Crippen LogP contribution in [0.15, 0.2) is 48.5 Å². The van der Waals surface area contributed by atoms with Gasteiger partial charge < -0.3 is 15.0 Å². The number of likely N-dealkylation sites (tertiary alicyclic amines) is 1. The van der Waals surface area contributed by atoms with Crippen LogP contribution in [0.1, 0.15) is 24.8 Å². The van der Waals surface area contributed by atoms with Gasteiger partial charge in [-0.15, -0.1) is 5.10 Å². The highest BCUT2D eigenvalue weighted by molar-refractivity contribution is 5.94. The van der Waals surface area contributed by atoms with Crippen molar-refractivity contribution in [2.75, 3.05) is 32.1 Å². The average molecular weight is 470 g/mol. The Morgan fingerprint density at radius 1 is 1.15 bits per heavy atom. The first kappa shape index (κ1) is 23.7. The fourth-order valence-corrected chi connectivity index (χ4v) is 4.57. The molecule has 2 atom stereocenters. The number of methoxy groups -OCH3 is 1. The van der Waals surface area contributed by atoms with E-state index in [9.17, 15) is 13.6 Å². The number of nitrogens with one attached hydrogen (secondary N) is 2. The van der Waals surface area contributed by atoms with Gasteiger partial charge in [0.2, 0.25) is 5.88 Å². The topological polar surface area (TPSA) is 71.4 Å². The number of nitrogens with zero attached hydrogens (tertiary/aromatic N) is 3. The summed E-state index contributed by atoms with van der Waals surface area (Å²) in [6.07, 6.45) is 0.957. The first-order chi connectivity index (χ1) is 16.4. The third kappa shape index (κ3) is 4.89. The molecule has 9 heteroatoms. The van der Waals surface area contributed by atoms with Gasteiger partial charge in [-0.2, -0.15) is 0 Å². The smallest absolute Gasteiger partial charge is 0.320 e. The number of urea groups is 1. The summed E-state index contributed by atoms with van der Waals surface area (Å²) in [6.45, 7) is 4.21. The molecule has 2 heterocycles. The largest absolute Gasteiger partial charge is 0.479 e. The van der Waals surface area contributed by atoms with Crippen molar-refractivity contribution in [3.05, 3.63) is 65.7 Å². The lowest BCUT2D eigenvalue weighted by molar-refractivity contribution is 0.247. The van der Waals surface area contributed by atoms with Gasteiger partial charge in [-0.05, 0) is 36.2 Å². The number of anilines is 1. The van der Waals surface area contributed by atoms with E-state index in [4.69, 9.17) is 4.74 Å². The highest BCUT2D eigenvalue weighted by atomic mass is 19.2. The SMILES string of the molecule is CCCN1C[C@@H](NC(=O)Nc2c(-c3ccccc3)c(OC)nn2C)[C@H](c2ccc(F)c(F)c2)C1. The first-order valence-electron chi connectivity index (χ1n) is 11.3. The molecule has 0 bridgehead atoms. The number of aryl methyl sites for hydroxylation is 1. The van der Waals surface area contributed by atoms with Crippen LogP contribution < -0.4 is 15.4 Å². The lowest BCUT2D eigenvalue weighted by Crippen LogP contribution is -2.42. The molecule has 0 radical (unpaired) electrons. The minimum absolute atomic E-state index is 0.165. The molecular weight excluding hydrogens is 440 g/mol. The second-order valence-electron chi connectivity index (χ2n) is 8.47. The molecule has 2 amide bonds. The van der Waals surface area contributed by atoms with Gasteiger partial charge >= 0.3 is 6.03 Å². The zero-order valence-corrected chi connectivity index (χ0v) is 19.5. The molecule has 4 rings (SSSR count). The summed E-state index contributed by atoms with van der Waals surface area (Å²) in [5.41, 5.74) is 2.20. The quantitative estimate of drug-likeness (QED) is 0.539. The zero-order valence-electron chi connectivity index (χ0n) is 19.5. The summed E-state index contributed by atoms with van der Waals surface area (Å²) in [4.78, 5) is 15.3. The number of hydrogen-bond acceptors (Lipinski definition) is 4. The van der Waals surface area contributed by atoms with Crippen LogP contribution in [0.3, 0.4) is 0 Å². The number of hydrogen-bond donors (Lipinski definition) is 2. The van der Waals surface area contributed by atoms with Crippen LogP contribution in [0.5, 0.6) is 5.88 Å². The second kappa shape index (κ2) is 10.2. The van der Waals surface area contributed by atoms with Crippen molar-refractivity contribution in [2.24, 2.45) is 7.05 Å². The van der Waals surface area contributed by atoms with E-state index in [0.717, 1.165) is 24.6 Å². The van der Waals surface area contributed by atoms with Crippen LogP contribution in [0.25, 0.3) is 11.1 Å². The number of halogens is 2. The van der Waals surface area contributed by atoms with E-state index >= 15 is 0 Å². The molecule has 1 aliphatic heterocycles. The van der Waals surface area contributed by atoms with Crippen LogP contribution in [-0.4, -0.2) is 53.5 Å². The van der Waals surface area contributed by atoms with E-state index in [1.54, 1.807) is 17.8 Å². The Hall–Kier alpha value is -3.46. The van der Waals surface area contributed by atoms with Gasteiger partial charge in [0.15, 0.2) is 11.6 Å². The van der Waals surface area contributed by atoms with Crippen LogP contribution in [0, 0.1) is 11.6 Å². The first-order valence-corrected chi connectivity index (χ1v) is 11.3. The highest BCUT2D eigenvalue weighted by Crippen LogP contribution is 2.36. The Morgan fingerprint density at radius 2 is 1.91 bits per heavy atom. The van der Waals surface area contributed by atoms with Crippen LogP contribution >= 0.6 is 0 Å². The number of aromatic nitrogens is 2. The lowest BCUT2D eigenvalue weighted by Gasteiger charge is -2.21. The van der Waals surface area contributed by atoms with Gasteiger partial charge in [0.25, 0.3) is 0 Å². The van der Waals surface area contributed by atoms with Crippen molar-refractivity contribution >= 4 is 11.8 Å². The molecule has 7 nitrogen and oxygen atoms in total. The van der Waals surface area contributed by atoms with Crippen molar-refractivity contribution in [1.29, 1.82) is 0 Å². The molecule has 1 aliphatic rings. The van der Waals surface area contributed by atoms with Crippen molar-refractivity contribution < 1.29 is 18.3 Å². The van der Waals surface area contributed by atoms with E-state index in [-0.39, 0.29) is 12.0 Å². The summed E-state index contributed by atoms with van der Waals surface area (Å²) < 4.78 is 34.4. The van der Waals surface area contributed by atoms with Crippen molar-refractivity contribution in [3.63, 3.8) is 0 Å². The Kier molecular flexibility index (Phi) is 7.12. The third-order valence-corrected chi connectivity index (χ3v) is 6.13. The van der Waals surface area contributed by atoms with Crippen molar-refractivity contribution in [1.82, 2.24) is 20.0 Å². The van der Waals surface area contributed by atoms with Gasteiger partial charge in [-0.1, -0.05) is 43.3 Å². The maximum Gasteiger partial charge on any atom is 0.320 e. The lowest BCUT2D eigenvalue weighted by atomic mass is 9.94. The molecular formula is C25H29F2N5O2. The van der Waals surface area contributed by atoms with Gasteiger partial charge in [-0.3, -0.25) is 5.32 Å². The summed E-state index contributed by atoms with van der Waals surface area (Å²) in [6, 6.07) is 12.8. The Bertz CT molecular complexity index is 1150. The fourth-order valence-electron chi connectivity index (χ4n) is 4.57. The monoisotopic (exact) mass is 469 g/mol. The summed E-state index contributed by atoms with van der Waals surface area (Å²) in [5.74, 6) is -1.04. The van der Waals surface area contributed by atoms with Gasteiger partial charge in [-0.25, -0.2) is 18.3 Å². The molecule has 0 aliphatic carbocycles. The van der Waals surface area contributed by atoms with Crippen LogP contribution in [-0.2, 0) is 7.05 Å². The van der Waals surface area contributed by atoms with E-state index in [2.05, 4.69) is 27.6 Å². The van der Waals surface area contributed by atoms with E-state index in [1.807, 2.05) is 30.3 Å². The molecule has 2 aromatic carbocycles. The molecule has 3 aromatic rings. The molecule has 0 unspecified atom stereocenters. The standard InChI is InChI=1S/C25H29F2N5O2/c1-4-12-32-14-18(17-10-11-19(26)20(27)13-17)21(15-32)28-25(33)29-23-22(16-8-6-5-7-9-16)24(34-3)30-31(23)2/h5-11,13,18,21H,4,12,14-15H2,1-3H3,(H2,28,29,33)/t18-,21+/m0/s1. The highest BCUT2D eigenvalue weighted by Gasteiger charge is 2.35. The second-order valence-corrected chi connectivity index (χ2v) is 8.47. The number of rotatable bonds is 7. The molecule has 180 valence electrons. The number of benzene rings is 2. The average Bonchev–Trinajstić information content (AvgIpc) is 3.36. The maximum absolute atomic E-state index is 13.9. The molecule has 1 saturated heterocycles. The number of amides is 2. The van der Waals surface area contributed by atoms with E-state index < -0.39 is 17.7 Å². The normalized spacial score (nSPS) is 18.1. The minimum atomic E-state index is -0.885. The molecule has 0 saturated carbocycles. The van der Waals surface area contributed by atoms with Crippen LogP contribution in [0.4, 0.5) is 19.4 Å². The molecule has 1 fully saturated rings. The van der Waals surface area contributed by atoms with Gasteiger partial charge in [0.1, 0.15) is 5.82 Å². The van der Waals surface area contributed by atoms with Crippen molar-refractivity contribution in [3.8, 4) is 17.0 Å². The Morgan fingerprint density at radius 3 is 2.59 bits per heavy atom. The van der Waals surface area contributed by atoms with Gasteiger partial charge in [0.05, 0.1) is 18.7 Å². The summed E-state index contributed by atoms with van der Waals surface area (Å²) in [7, 11) is 3.26. The number of carbonyl (C=O) groups excluding carboxylic acids is 1. The summed E-state index contributed by atoms with van der Waals surface area (Å²) in [5, 5.41) is 10.3. The molecule has 1 aromatic heterocycles. The van der Waals surface area contributed by atoms with Crippen LogP contribution in [0.2, 0.25) is 0 Å². The predicted molar refractivity (Wildman–Crippen MR) is 127 cm³/mol. The van der Waals surface area contributed by atoms with Crippen molar-refractivity contribution in [2.45, 2.75) is 25.3 Å². The van der Waals surface area contributed by atoms with Gasteiger partial charge in [0, 0.05) is 26.1 Å². The van der Waals surface area contributed by atoms with E-state index in [0.29, 0.717) is 35.9 Å². The van der Waals surface area contributed by atoms with E-state index in [1.165, 1.54) is 13.2 Å². The maximum atomic E-state index is 13.9. The molecule has 0 spiro atoms.